The molecule has 0 bridgehead atoms. The maximum Gasteiger partial charge on any atom is 0.226 e. The SMILES string of the molecule is CC1(C)CCC[C@@]2(C)C1CC[C@]1(C)[C@@H]2C(=O)C=C2[C@@H]3C[C@@](C)(C(=O)NC4CC4OCCO)CC[C@]3(C)CC[C@]21C. The van der Waals surface area contributed by atoms with E-state index >= 15 is 0 Å². The molecule has 6 rings (SSSR count). The summed E-state index contributed by atoms with van der Waals surface area (Å²) in [7, 11) is 0. The van der Waals surface area contributed by atoms with Crippen LogP contribution in [-0.2, 0) is 14.3 Å². The number of allylic oxidation sites excluding steroid dienone is 2. The van der Waals surface area contributed by atoms with Crippen LogP contribution < -0.4 is 5.32 Å². The molecule has 2 N–H and O–H groups in total. The third-order valence-corrected chi connectivity index (χ3v) is 14.3. The standard InChI is InChI=1S/C35H55NO4/c1-30(2)10-8-11-33(5)27(30)9-12-35(7)28(33)25(38)19-22-23-21-32(4,14-13-31(23,3)15-16-34(22,35)6)29(39)36-24-20-26(24)40-18-17-37/h19,23-24,26-28,37H,8-18,20-21H2,1-7H3,(H,36,39)/t23-,24?,26?,27?,28+,31+,32-,33-,34+,35+/m0/s1. The zero-order valence-corrected chi connectivity index (χ0v) is 26.3. The van der Waals surface area contributed by atoms with Gasteiger partial charge in [0.1, 0.15) is 0 Å². The predicted octanol–water partition coefficient (Wildman–Crippen LogP) is 6.62. The second kappa shape index (κ2) is 9.15. The number of fused-ring (bicyclic) bond motifs is 7. The lowest BCUT2D eigenvalue weighted by atomic mass is 9.33. The summed E-state index contributed by atoms with van der Waals surface area (Å²) in [5.74, 6) is 1.51. The fourth-order valence-electron chi connectivity index (χ4n) is 11.5. The van der Waals surface area contributed by atoms with Gasteiger partial charge in [0.05, 0.1) is 25.4 Å². The summed E-state index contributed by atoms with van der Waals surface area (Å²) in [5, 5.41) is 12.4. The summed E-state index contributed by atoms with van der Waals surface area (Å²) < 4.78 is 5.64. The van der Waals surface area contributed by atoms with E-state index < -0.39 is 5.41 Å². The van der Waals surface area contributed by atoms with Crippen LogP contribution in [0.25, 0.3) is 0 Å². The maximum atomic E-state index is 14.5. The summed E-state index contributed by atoms with van der Waals surface area (Å²) in [5.41, 5.74) is 1.43. The average molecular weight is 554 g/mol. The minimum absolute atomic E-state index is 0.000226. The average Bonchev–Trinajstić information content (AvgIpc) is 3.61. The van der Waals surface area contributed by atoms with Crippen LogP contribution in [-0.4, -0.2) is 42.2 Å². The zero-order chi connectivity index (χ0) is 28.9. The van der Waals surface area contributed by atoms with E-state index in [1.807, 2.05) is 0 Å². The van der Waals surface area contributed by atoms with Gasteiger partial charge in [-0.25, -0.2) is 0 Å². The molecule has 0 heterocycles. The Kier molecular flexibility index (Phi) is 6.61. The Morgan fingerprint density at radius 2 is 1.73 bits per heavy atom. The monoisotopic (exact) mass is 553 g/mol. The van der Waals surface area contributed by atoms with Crippen molar-refractivity contribution in [3.05, 3.63) is 11.6 Å². The molecule has 10 atom stereocenters. The van der Waals surface area contributed by atoms with Gasteiger partial charge in [-0.1, -0.05) is 60.5 Å². The van der Waals surface area contributed by atoms with Crippen LogP contribution in [0.4, 0.5) is 0 Å². The predicted molar refractivity (Wildman–Crippen MR) is 157 cm³/mol. The molecule has 5 heteroatoms. The van der Waals surface area contributed by atoms with Crippen molar-refractivity contribution in [1.29, 1.82) is 0 Å². The first-order valence-corrected chi connectivity index (χ1v) is 16.4. The molecule has 0 aromatic rings. The fraction of sp³-hybridized carbons (Fsp3) is 0.886. The summed E-state index contributed by atoms with van der Waals surface area (Å²) in [6, 6.07) is 0.0617. The van der Waals surface area contributed by atoms with Gasteiger partial charge in [-0.2, -0.15) is 0 Å². The molecule has 6 aliphatic carbocycles. The third kappa shape index (κ3) is 3.98. The van der Waals surface area contributed by atoms with Gasteiger partial charge in [0, 0.05) is 11.3 Å². The van der Waals surface area contributed by atoms with Crippen LogP contribution in [0.15, 0.2) is 11.6 Å². The van der Waals surface area contributed by atoms with Gasteiger partial charge in [0.25, 0.3) is 0 Å². The molecule has 1 amide bonds. The number of hydrogen-bond acceptors (Lipinski definition) is 4. The number of aliphatic hydroxyl groups is 1. The van der Waals surface area contributed by atoms with E-state index in [1.165, 1.54) is 37.7 Å². The summed E-state index contributed by atoms with van der Waals surface area (Å²) in [6.07, 6.45) is 14.2. The van der Waals surface area contributed by atoms with Gasteiger partial charge >= 0.3 is 0 Å². The highest BCUT2D eigenvalue weighted by atomic mass is 16.5. The Morgan fingerprint density at radius 3 is 2.45 bits per heavy atom. The van der Waals surface area contributed by atoms with Crippen LogP contribution in [0, 0.1) is 50.2 Å². The lowest BCUT2D eigenvalue weighted by Crippen LogP contribution is -2.65. The first-order chi connectivity index (χ1) is 18.6. The lowest BCUT2D eigenvalue weighted by Gasteiger charge is -2.70. The number of rotatable bonds is 5. The van der Waals surface area contributed by atoms with Gasteiger partial charge < -0.3 is 15.2 Å². The molecule has 0 saturated heterocycles. The fourth-order valence-corrected chi connectivity index (χ4v) is 11.5. The summed E-state index contributed by atoms with van der Waals surface area (Å²) >= 11 is 0. The Balaban J connectivity index is 1.31. The third-order valence-electron chi connectivity index (χ3n) is 14.3. The van der Waals surface area contributed by atoms with Crippen LogP contribution >= 0.6 is 0 Å². The van der Waals surface area contributed by atoms with Crippen molar-refractivity contribution in [3.8, 4) is 0 Å². The van der Waals surface area contributed by atoms with Gasteiger partial charge in [-0.3, -0.25) is 9.59 Å². The second-order valence-electron chi connectivity index (χ2n) is 17.0. The molecule has 5 saturated carbocycles. The van der Waals surface area contributed by atoms with E-state index in [-0.39, 0.29) is 58.2 Å². The Hall–Kier alpha value is -1.20. The quantitative estimate of drug-likeness (QED) is 0.401. The van der Waals surface area contributed by atoms with Crippen LogP contribution in [0.3, 0.4) is 0 Å². The molecule has 0 aromatic heterocycles. The second-order valence-corrected chi connectivity index (χ2v) is 17.0. The molecule has 0 aliphatic heterocycles. The van der Waals surface area contributed by atoms with E-state index in [2.05, 4.69) is 59.9 Å². The Labute approximate surface area is 242 Å². The van der Waals surface area contributed by atoms with Gasteiger partial charge in [-0.15, -0.1) is 0 Å². The van der Waals surface area contributed by atoms with E-state index in [1.54, 1.807) is 0 Å². The highest BCUT2D eigenvalue weighted by Gasteiger charge is 2.69. The first kappa shape index (κ1) is 28.9. The number of carbonyl (C=O) groups excluding carboxylic acids is 2. The normalized spacial score (nSPS) is 51.0. The van der Waals surface area contributed by atoms with Crippen LogP contribution in [0.2, 0.25) is 0 Å². The molecule has 40 heavy (non-hydrogen) atoms. The number of hydrogen-bond donors (Lipinski definition) is 2. The van der Waals surface area contributed by atoms with Crippen molar-refractivity contribution >= 4 is 11.7 Å². The van der Waals surface area contributed by atoms with E-state index in [0.29, 0.717) is 23.7 Å². The maximum absolute atomic E-state index is 14.5. The highest BCUT2D eigenvalue weighted by molar-refractivity contribution is 5.95. The number of nitrogens with one attached hydrogen (secondary N) is 1. The van der Waals surface area contributed by atoms with Crippen molar-refractivity contribution in [2.24, 2.45) is 50.2 Å². The largest absolute Gasteiger partial charge is 0.394 e. The molecule has 3 unspecified atom stereocenters. The molecule has 224 valence electrons. The topological polar surface area (TPSA) is 75.6 Å². The van der Waals surface area contributed by atoms with E-state index in [4.69, 9.17) is 9.84 Å². The molecule has 0 aromatic carbocycles. The minimum Gasteiger partial charge on any atom is -0.394 e. The molecule has 0 radical (unpaired) electrons. The summed E-state index contributed by atoms with van der Waals surface area (Å²) in [6.45, 7) is 17.3. The van der Waals surface area contributed by atoms with Crippen molar-refractivity contribution < 1.29 is 19.4 Å². The van der Waals surface area contributed by atoms with Gasteiger partial charge in [0.15, 0.2) is 5.78 Å². The van der Waals surface area contributed by atoms with Crippen LogP contribution in [0.1, 0.15) is 119 Å². The Bertz CT molecular complexity index is 1110. The molecule has 0 spiro atoms. The number of aliphatic hydroxyl groups excluding tert-OH is 1. The Morgan fingerprint density at radius 1 is 1.00 bits per heavy atom. The van der Waals surface area contributed by atoms with Crippen molar-refractivity contribution in [1.82, 2.24) is 5.32 Å². The highest BCUT2D eigenvalue weighted by Crippen LogP contribution is 2.75. The van der Waals surface area contributed by atoms with Crippen molar-refractivity contribution in [3.63, 3.8) is 0 Å². The van der Waals surface area contributed by atoms with Crippen molar-refractivity contribution in [2.45, 2.75) is 131 Å². The van der Waals surface area contributed by atoms with E-state index in [9.17, 15) is 9.59 Å². The number of carbonyl (C=O) groups is 2. The minimum atomic E-state index is -0.439. The van der Waals surface area contributed by atoms with Crippen LogP contribution in [0.5, 0.6) is 0 Å². The summed E-state index contributed by atoms with van der Waals surface area (Å²) in [4.78, 5) is 28.2. The van der Waals surface area contributed by atoms with Gasteiger partial charge in [0.2, 0.25) is 5.91 Å². The molecule has 6 aliphatic rings. The smallest absolute Gasteiger partial charge is 0.226 e. The molecular weight excluding hydrogens is 498 g/mol. The first-order valence-electron chi connectivity index (χ1n) is 16.4. The van der Waals surface area contributed by atoms with Crippen molar-refractivity contribution in [2.75, 3.05) is 13.2 Å². The lowest BCUT2D eigenvalue weighted by molar-refractivity contribution is -0.185. The number of ketones is 1. The van der Waals surface area contributed by atoms with Gasteiger partial charge in [-0.05, 0) is 109 Å². The number of amides is 1. The molecule has 5 fully saturated rings. The molecular formula is C35H55NO4. The zero-order valence-electron chi connectivity index (χ0n) is 26.3. The van der Waals surface area contributed by atoms with E-state index in [0.717, 1.165) is 38.5 Å². The molecule has 5 nitrogen and oxygen atoms in total. The number of ether oxygens (including phenoxy) is 1.